The van der Waals surface area contributed by atoms with E-state index >= 15 is 0 Å². The summed E-state index contributed by atoms with van der Waals surface area (Å²) < 4.78 is 28.4. The van der Waals surface area contributed by atoms with Gasteiger partial charge in [-0.05, 0) is 31.0 Å². The number of carbonyl (C=O) groups excluding carboxylic acids is 1. The highest BCUT2D eigenvalue weighted by molar-refractivity contribution is 9.10. The molecule has 20 heavy (non-hydrogen) atoms. The molecule has 0 radical (unpaired) electrons. The minimum atomic E-state index is -3.89. The van der Waals surface area contributed by atoms with Crippen molar-refractivity contribution in [3.8, 4) is 0 Å². The van der Waals surface area contributed by atoms with Crippen molar-refractivity contribution in [1.82, 2.24) is 0 Å². The van der Waals surface area contributed by atoms with Gasteiger partial charge in [0, 0.05) is 15.2 Å². The van der Waals surface area contributed by atoms with Crippen molar-refractivity contribution >= 4 is 41.6 Å². The van der Waals surface area contributed by atoms with Gasteiger partial charge in [0.1, 0.15) is 0 Å². The Bertz CT molecular complexity index is 599. The van der Waals surface area contributed by atoms with Gasteiger partial charge in [-0.25, -0.2) is 13.2 Å². The summed E-state index contributed by atoms with van der Waals surface area (Å²) in [4.78, 5) is 11.9. The van der Waals surface area contributed by atoms with Gasteiger partial charge >= 0.3 is 5.97 Å². The standard InChI is InChI=1S/C13H16BrClO4S/c1-3-4-5-6-19-13(16)11-7-10(20(15,17)18)8-12(14)9(11)2/h7-8H,3-6H2,1-2H3. The van der Waals surface area contributed by atoms with Crippen molar-refractivity contribution in [3.63, 3.8) is 0 Å². The van der Waals surface area contributed by atoms with E-state index in [2.05, 4.69) is 22.9 Å². The van der Waals surface area contributed by atoms with Crippen LogP contribution in [0.3, 0.4) is 0 Å². The van der Waals surface area contributed by atoms with E-state index in [1.165, 1.54) is 12.1 Å². The molecular weight excluding hydrogens is 368 g/mol. The molecule has 0 unspecified atom stereocenters. The summed E-state index contributed by atoms with van der Waals surface area (Å²) in [5.74, 6) is -0.540. The Labute approximate surface area is 132 Å². The third-order valence-corrected chi connectivity index (χ3v) is 4.96. The molecule has 0 heterocycles. The van der Waals surface area contributed by atoms with Crippen LogP contribution in [0.4, 0.5) is 0 Å². The highest BCUT2D eigenvalue weighted by Crippen LogP contribution is 2.27. The fourth-order valence-electron chi connectivity index (χ4n) is 1.60. The minimum Gasteiger partial charge on any atom is -0.462 e. The van der Waals surface area contributed by atoms with Crippen molar-refractivity contribution in [1.29, 1.82) is 0 Å². The predicted octanol–water partition coefficient (Wildman–Crippen LogP) is 4.03. The molecule has 0 saturated heterocycles. The molecule has 1 rings (SSSR count). The zero-order valence-electron chi connectivity index (χ0n) is 11.3. The summed E-state index contributed by atoms with van der Waals surface area (Å²) in [6, 6.07) is 2.61. The summed E-state index contributed by atoms with van der Waals surface area (Å²) in [7, 11) is 1.41. The molecule has 112 valence electrons. The average Bonchev–Trinajstić information content (AvgIpc) is 2.36. The summed E-state index contributed by atoms with van der Waals surface area (Å²) >= 11 is 3.22. The first-order chi connectivity index (χ1) is 9.27. The molecule has 0 fully saturated rings. The summed E-state index contributed by atoms with van der Waals surface area (Å²) in [6.45, 7) is 4.08. The fourth-order valence-corrected chi connectivity index (χ4v) is 3.00. The lowest BCUT2D eigenvalue weighted by atomic mass is 10.1. The maximum absolute atomic E-state index is 12.0. The molecule has 0 spiro atoms. The molecule has 4 nitrogen and oxygen atoms in total. The molecule has 0 saturated carbocycles. The van der Waals surface area contributed by atoms with Gasteiger partial charge in [-0.3, -0.25) is 0 Å². The highest BCUT2D eigenvalue weighted by Gasteiger charge is 2.19. The number of benzene rings is 1. The van der Waals surface area contributed by atoms with Crippen LogP contribution in [0.2, 0.25) is 0 Å². The first-order valence-electron chi connectivity index (χ1n) is 6.19. The number of carbonyl (C=O) groups is 1. The van der Waals surface area contributed by atoms with E-state index in [9.17, 15) is 13.2 Å². The smallest absolute Gasteiger partial charge is 0.338 e. The van der Waals surface area contributed by atoms with Crippen molar-refractivity contribution in [2.24, 2.45) is 0 Å². The maximum Gasteiger partial charge on any atom is 0.338 e. The molecule has 0 N–H and O–H groups in total. The first-order valence-corrected chi connectivity index (χ1v) is 9.29. The van der Waals surface area contributed by atoms with Crippen LogP contribution in [0.15, 0.2) is 21.5 Å². The average molecular weight is 384 g/mol. The molecule has 0 aliphatic heterocycles. The Kier molecular flexibility index (Phi) is 6.48. The van der Waals surface area contributed by atoms with Crippen LogP contribution in [0.5, 0.6) is 0 Å². The lowest BCUT2D eigenvalue weighted by molar-refractivity contribution is 0.0497. The van der Waals surface area contributed by atoms with Gasteiger partial charge in [-0.2, -0.15) is 0 Å². The minimum absolute atomic E-state index is 0.128. The number of halogens is 2. The number of hydrogen-bond acceptors (Lipinski definition) is 4. The second kappa shape index (κ2) is 7.43. The number of ether oxygens (including phenoxy) is 1. The van der Waals surface area contributed by atoms with E-state index in [0.29, 0.717) is 16.6 Å². The van der Waals surface area contributed by atoms with Crippen LogP contribution in [0.1, 0.15) is 42.1 Å². The van der Waals surface area contributed by atoms with Crippen LogP contribution in [0, 0.1) is 6.92 Å². The first kappa shape index (κ1) is 17.5. The van der Waals surface area contributed by atoms with Crippen LogP contribution in [0.25, 0.3) is 0 Å². The Morgan fingerprint density at radius 3 is 2.55 bits per heavy atom. The molecule has 0 aromatic heterocycles. The molecular formula is C13H16BrClO4S. The second-order valence-electron chi connectivity index (χ2n) is 4.36. The van der Waals surface area contributed by atoms with E-state index in [-0.39, 0.29) is 10.5 Å². The number of esters is 1. The molecule has 0 atom stereocenters. The van der Waals surface area contributed by atoms with Crippen LogP contribution >= 0.6 is 26.6 Å². The van der Waals surface area contributed by atoms with Gasteiger partial charge in [-0.1, -0.05) is 35.7 Å². The van der Waals surface area contributed by atoms with Crippen molar-refractivity contribution in [3.05, 3.63) is 27.7 Å². The van der Waals surface area contributed by atoms with Crippen molar-refractivity contribution in [2.45, 2.75) is 38.0 Å². The number of unbranched alkanes of at least 4 members (excludes halogenated alkanes) is 2. The van der Waals surface area contributed by atoms with Crippen molar-refractivity contribution < 1.29 is 17.9 Å². The van der Waals surface area contributed by atoms with Crippen LogP contribution in [-0.4, -0.2) is 21.0 Å². The second-order valence-corrected chi connectivity index (χ2v) is 7.78. The highest BCUT2D eigenvalue weighted by atomic mass is 79.9. The van der Waals surface area contributed by atoms with Gasteiger partial charge in [0.05, 0.1) is 17.1 Å². The number of hydrogen-bond donors (Lipinski definition) is 0. The van der Waals surface area contributed by atoms with Gasteiger partial charge in [-0.15, -0.1) is 0 Å². The lowest BCUT2D eigenvalue weighted by Crippen LogP contribution is -2.10. The predicted molar refractivity (Wildman–Crippen MR) is 81.7 cm³/mol. The van der Waals surface area contributed by atoms with Crippen LogP contribution in [-0.2, 0) is 13.8 Å². The topological polar surface area (TPSA) is 60.4 Å². The Balaban J connectivity index is 2.99. The molecule has 0 amide bonds. The molecule has 0 aliphatic rings. The lowest BCUT2D eigenvalue weighted by Gasteiger charge is -2.10. The Morgan fingerprint density at radius 1 is 1.35 bits per heavy atom. The monoisotopic (exact) mass is 382 g/mol. The van der Waals surface area contributed by atoms with E-state index in [1.54, 1.807) is 6.92 Å². The normalized spacial score (nSPS) is 11.4. The zero-order chi connectivity index (χ0) is 15.3. The largest absolute Gasteiger partial charge is 0.462 e. The van der Waals surface area contributed by atoms with E-state index in [1.807, 2.05) is 0 Å². The fraction of sp³-hybridized carbons (Fsp3) is 0.462. The van der Waals surface area contributed by atoms with E-state index < -0.39 is 15.0 Å². The molecule has 0 bridgehead atoms. The summed E-state index contributed by atoms with van der Waals surface area (Å²) in [5.41, 5.74) is 0.824. The SMILES string of the molecule is CCCCCOC(=O)c1cc(S(=O)(=O)Cl)cc(Br)c1C. The Morgan fingerprint density at radius 2 is 2.00 bits per heavy atom. The van der Waals surface area contributed by atoms with Gasteiger partial charge < -0.3 is 4.74 Å². The van der Waals surface area contributed by atoms with E-state index in [0.717, 1.165) is 19.3 Å². The van der Waals surface area contributed by atoms with Gasteiger partial charge in [0.25, 0.3) is 9.05 Å². The van der Waals surface area contributed by atoms with E-state index in [4.69, 9.17) is 15.4 Å². The quantitative estimate of drug-likeness (QED) is 0.423. The van der Waals surface area contributed by atoms with Gasteiger partial charge in [0.15, 0.2) is 0 Å². The Hall–Kier alpha value is -0.590. The molecule has 1 aromatic rings. The zero-order valence-corrected chi connectivity index (χ0v) is 14.4. The maximum atomic E-state index is 12.0. The summed E-state index contributed by atoms with van der Waals surface area (Å²) in [6.07, 6.45) is 2.80. The molecule has 1 aromatic carbocycles. The number of rotatable bonds is 6. The molecule has 0 aliphatic carbocycles. The third-order valence-electron chi connectivity index (χ3n) is 2.80. The van der Waals surface area contributed by atoms with Crippen molar-refractivity contribution in [2.75, 3.05) is 6.61 Å². The van der Waals surface area contributed by atoms with Crippen LogP contribution < -0.4 is 0 Å². The summed E-state index contributed by atoms with van der Waals surface area (Å²) in [5, 5.41) is 0. The van der Waals surface area contributed by atoms with Gasteiger partial charge in [0.2, 0.25) is 0 Å². The third kappa shape index (κ3) is 4.75. The molecule has 7 heteroatoms.